The third-order valence-corrected chi connectivity index (χ3v) is 6.58. The van der Waals surface area contributed by atoms with Crippen LogP contribution in [0.2, 0.25) is 0 Å². The van der Waals surface area contributed by atoms with Gasteiger partial charge >= 0.3 is 0 Å². The van der Waals surface area contributed by atoms with E-state index in [0.717, 1.165) is 33.5 Å². The van der Waals surface area contributed by atoms with Crippen LogP contribution >= 0.6 is 11.8 Å². The molecule has 1 aliphatic rings. The molecule has 0 spiro atoms. The lowest BCUT2D eigenvalue weighted by molar-refractivity contribution is -0.120. The second kappa shape index (κ2) is 9.90. The first-order valence-electron chi connectivity index (χ1n) is 10.7. The van der Waals surface area contributed by atoms with Crippen molar-refractivity contribution in [3.8, 4) is 11.3 Å². The molecule has 0 aliphatic heterocycles. The van der Waals surface area contributed by atoms with Crippen molar-refractivity contribution in [3.05, 3.63) is 66.2 Å². The summed E-state index contributed by atoms with van der Waals surface area (Å²) >= 11 is 1.47. The van der Waals surface area contributed by atoms with Crippen molar-refractivity contribution in [2.24, 2.45) is 0 Å². The maximum absolute atomic E-state index is 12.6. The minimum atomic E-state index is -0.231. The predicted molar refractivity (Wildman–Crippen MR) is 124 cm³/mol. The minimum absolute atomic E-state index is 0.0504. The summed E-state index contributed by atoms with van der Waals surface area (Å²) in [4.78, 5) is 12.6. The lowest BCUT2D eigenvalue weighted by Gasteiger charge is -2.15. The molecular weight excluding hydrogens is 390 g/mol. The Labute approximate surface area is 182 Å². The van der Waals surface area contributed by atoms with Crippen molar-refractivity contribution in [2.45, 2.75) is 49.3 Å². The summed E-state index contributed by atoms with van der Waals surface area (Å²) in [5, 5.41) is 14.7. The van der Waals surface area contributed by atoms with E-state index in [-0.39, 0.29) is 11.2 Å². The maximum Gasteiger partial charge on any atom is 0.233 e. The molecule has 2 aromatic carbocycles. The van der Waals surface area contributed by atoms with Crippen molar-refractivity contribution in [1.29, 1.82) is 0 Å². The molecule has 1 atom stereocenters. The molecule has 3 aromatic rings. The van der Waals surface area contributed by atoms with Gasteiger partial charge in [-0.1, -0.05) is 78.0 Å². The number of amides is 1. The topological polar surface area (TPSA) is 54.9 Å². The van der Waals surface area contributed by atoms with Gasteiger partial charge in [0.25, 0.3) is 0 Å². The average Bonchev–Trinajstić information content (AvgIpc) is 2.80. The van der Waals surface area contributed by atoms with Crippen LogP contribution in [-0.2, 0) is 4.79 Å². The zero-order valence-corrected chi connectivity index (χ0v) is 18.1. The summed E-state index contributed by atoms with van der Waals surface area (Å²) in [5.74, 6) is 0.0504. The minimum Gasteiger partial charge on any atom is -0.355 e. The van der Waals surface area contributed by atoms with Gasteiger partial charge in [-0.05, 0) is 39.0 Å². The molecule has 1 amide bonds. The zero-order chi connectivity index (χ0) is 20.8. The number of nitrogens with one attached hydrogen (secondary N) is 1. The summed E-state index contributed by atoms with van der Waals surface area (Å²) in [6, 6.07) is 18.2. The monoisotopic (exact) mass is 417 g/mol. The third-order valence-electron chi connectivity index (χ3n) is 5.49. The molecule has 0 unspecified atom stereocenters. The molecule has 4 nitrogen and oxygen atoms in total. The van der Waals surface area contributed by atoms with Crippen molar-refractivity contribution >= 4 is 28.4 Å². The number of aromatic nitrogens is 2. The van der Waals surface area contributed by atoms with Crippen LogP contribution < -0.4 is 5.32 Å². The number of fused-ring (bicyclic) bond motifs is 1. The van der Waals surface area contributed by atoms with Gasteiger partial charge in [0.15, 0.2) is 0 Å². The maximum atomic E-state index is 12.6. The van der Waals surface area contributed by atoms with Crippen molar-refractivity contribution in [3.63, 3.8) is 0 Å². The van der Waals surface area contributed by atoms with E-state index < -0.39 is 0 Å². The molecule has 1 aliphatic carbocycles. The van der Waals surface area contributed by atoms with E-state index in [1.165, 1.54) is 43.0 Å². The molecule has 154 valence electrons. The largest absolute Gasteiger partial charge is 0.355 e. The SMILES string of the molecule is C[C@H](Sc1nnc(-c2ccccc2)c2ccccc12)C(=O)NCCC1=CCCCC1. The fourth-order valence-electron chi connectivity index (χ4n) is 3.82. The van der Waals surface area contributed by atoms with Crippen LogP contribution in [-0.4, -0.2) is 27.9 Å². The van der Waals surface area contributed by atoms with Gasteiger partial charge in [-0.3, -0.25) is 4.79 Å². The van der Waals surface area contributed by atoms with Gasteiger partial charge in [0.05, 0.1) is 5.25 Å². The molecule has 0 saturated carbocycles. The summed E-state index contributed by atoms with van der Waals surface area (Å²) in [5.41, 5.74) is 3.39. The highest BCUT2D eigenvalue weighted by Gasteiger charge is 2.18. The van der Waals surface area contributed by atoms with Gasteiger partial charge in [0.2, 0.25) is 5.91 Å². The van der Waals surface area contributed by atoms with Crippen molar-refractivity contribution in [2.75, 3.05) is 6.54 Å². The smallest absolute Gasteiger partial charge is 0.233 e. The standard InChI is InChI=1S/C25H27N3OS/c1-18(24(29)26-17-16-19-10-4-2-5-11-19)30-25-22-15-9-8-14-21(22)23(27-28-25)20-12-6-3-7-13-20/h3,6-10,12-15,18H,2,4-5,11,16-17H2,1H3,(H,26,29)/t18-/m0/s1. The normalized spacial score (nSPS) is 14.9. The molecule has 1 aromatic heterocycles. The quantitative estimate of drug-likeness (QED) is 0.391. The highest BCUT2D eigenvalue weighted by Crippen LogP contribution is 2.33. The highest BCUT2D eigenvalue weighted by atomic mass is 32.2. The molecule has 4 rings (SSSR count). The van der Waals surface area contributed by atoms with Gasteiger partial charge in [0.1, 0.15) is 10.7 Å². The summed E-state index contributed by atoms with van der Waals surface area (Å²) in [6.07, 6.45) is 8.22. The number of thioether (sulfide) groups is 1. The molecule has 1 heterocycles. The second-order valence-corrected chi connectivity index (χ2v) is 9.00. The van der Waals surface area contributed by atoms with Crippen LogP contribution in [0.3, 0.4) is 0 Å². The van der Waals surface area contributed by atoms with E-state index in [9.17, 15) is 4.79 Å². The number of hydrogen-bond acceptors (Lipinski definition) is 4. The predicted octanol–water partition coefficient (Wildman–Crippen LogP) is 5.78. The van der Waals surface area contributed by atoms with Gasteiger partial charge in [-0.25, -0.2) is 0 Å². The molecule has 0 radical (unpaired) electrons. The van der Waals surface area contributed by atoms with E-state index in [4.69, 9.17) is 0 Å². The summed E-state index contributed by atoms with van der Waals surface area (Å²) in [6.45, 7) is 2.64. The van der Waals surface area contributed by atoms with Crippen LogP contribution in [0, 0.1) is 0 Å². The van der Waals surface area contributed by atoms with Crippen LogP contribution in [0.25, 0.3) is 22.0 Å². The van der Waals surface area contributed by atoms with Crippen LogP contribution in [0.15, 0.2) is 71.3 Å². The van der Waals surface area contributed by atoms with E-state index in [1.54, 1.807) is 0 Å². The lowest BCUT2D eigenvalue weighted by Crippen LogP contribution is -2.32. The first kappa shape index (κ1) is 20.6. The molecule has 0 fully saturated rings. The second-order valence-electron chi connectivity index (χ2n) is 7.67. The third kappa shape index (κ3) is 4.90. The molecule has 0 saturated heterocycles. The average molecular weight is 418 g/mol. The molecule has 30 heavy (non-hydrogen) atoms. The molecule has 5 heteroatoms. The highest BCUT2D eigenvalue weighted by molar-refractivity contribution is 8.00. The number of nitrogens with zero attached hydrogens (tertiary/aromatic N) is 2. The van der Waals surface area contributed by atoms with Crippen LogP contribution in [0.5, 0.6) is 0 Å². The van der Waals surface area contributed by atoms with E-state index >= 15 is 0 Å². The lowest BCUT2D eigenvalue weighted by atomic mass is 9.97. The Kier molecular flexibility index (Phi) is 6.80. The Morgan fingerprint density at radius 2 is 1.80 bits per heavy atom. The Bertz CT molecular complexity index is 1050. The van der Waals surface area contributed by atoms with E-state index in [0.29, 0.717) is 6.54 Å². The molecule has 1 N–H and O–H groups in total. The Hall–Kier alpha value is -2.66. The van der Waals surface area contributed by atoms with Gasteiger partial charge in [-0.2, -0.15) is 0 Å². The first-order chi connectivity index (χ1) is 14.7. The van der Waals surface area contributed by atoms with Crippen LogP contribution in [0.1, 0.15) is 39.0 Å². The van der Waals surface area contributed by atoms with Gasteiger partial charge < -0.3 is 5.32 Å². The molecular formula is C25H27N3OS. The zero-order valence-electron chi connectivity index (χ0n) is 17.3. The van der Waals surface area contributed by atoms with Crippen molar-refractivity contribution < 1.29 is 4.79 Å². The summed E-state index contributed by atoms with van der Waals surface area (Å²) < 4.78 is 0. The van der Waals surface area contributed by atoms with E-state index in [2.05, 4.69) is 33.7 Å². The first-order valence-corrected chi connectivity index (χ1v) is 11.5. The van der Waals surface area contributed by atoms with Crippen LogP contribution in [0.4, 0.5) is 0 Å². The van der Waals surface area contributed by atoms with Crippen molar-refractivity contribution in [1.82, 2.24) is 15.5 Å². The number of rotatable bonds is 7. The van der Waals surface area contributed by atoms with Gasteiger partial charge in [0, 0.05) is 22.9 Å². The Morgan fingerprint density at radius 3 is 2.57 bits per heavy atom. The fraction of sp³-hybridized carbons (Fsp3) is 0.320. The Morgan fingerprint density at radius 1 is 1.03 bits per heavy atom. The van der Waals surface area contributed by atoms with Gasteiger partial charge in [-0.15, -0.1) is 10.2 Å². The number of allylic oxidation sites excluding steroid dienone is 1. The summed E-state index contributed by atoms with van der Waals surface area (Å²) in [7, 11) is 0. The van der Waals surface area contributed by atoms with E-state index in [1.807, 2.05) is 49.4 Å². The Balaban J connectivity index is 1.45. The fourth-order valence-corrected chi connectivity index (χ4v) is 4.74. The number of carbonyl (C=O) groups is 1. The molecule has 0 bridgehead atoms. The number of hydrogen-bond donors (Lipinski definition) is 1. The number of benzene rings is 2. The number of carbonyl (C=O) groups excluding carboxylic acids is 1.